The van der Waals surface area contributed by atoms with E-state index in [2.05, 4.69) is 31.0 Å². The van der Waals surface area contributed by atoms with Crippen LogP contribution in [0.15, 0.2) is 0 Å². The van der Waals surface area contributed by atoms with Crippen LogP contribution in [0.5, 0.6) is 0 Å². The molecule has 0 bridgehead atoms. The average molecular weight is 269 g/mol. The summed E-state index contributed by atoms with van der Waals surface area (Å²) in [5.41, 5.74) is 5.34. The summed E-state index contributed by atoms with van der Waals surface area (Å²) in [4.78, 5) is 14.6. The lowest BCUT2D eigenvalue weighted by atomic mass is 9.95. The summed E-state index contributed by atoms with van der Waals surface area (Å²) in [7, 11) is 0. The van der Waals surface area contributed by atoms with Crippen LogP contribution in [0, 0.1) is 5.92 Å². The lowest BCUT2D eigenvalue weighted by molar-refractivity contribution is -0.127. The number of nitrogens with two attached hydrogens (primary N) is 1. The molecule has 1 fully saturated rings. The van der Waals surface area contributed by atoms with E-state index in [4.69, 9.17) is 5.73 Å². The fourth-order valence-electron chi connectivity index (χ4n) is 2.76. The maximum Gasteiger partial charge on any atom is 0.240 e. The molecule has 4 nitrogen and oxygen atoms in total. The van der Waals surface area contributed by atoms with Crippen LogP contribution >= 0.6 is 0 Å². The van der Waals surface area contributed by atoms with Gasteiger partial charge in [-0.05, 0) is 32.1 Å². The standard InChI is InChI=1S/C15H31N3O/c1-5-8-15(4,16)14(19)17-13-6-9-18(10-7-13)11-12(2)3/h12-13H,5-11,16H2,1-4H3,(H,17,19). The van der Waals surface area contributed by atoms with E-state index in [1.807, 2.05) is 6.92 Å². The Morgan fingerprint density at radius 3 is 2.47 bits per heavy atom. The second-order valence-electron chi connectivity index (χ2n) is 6.61. The molecule has 1 aliphatic rings. The summed E-state index contributed by atoms with van der Waals surface area (Å²) in [6, 6.07) is 0.302. The van der Waals surface area contributed by atoms with Crippen molar-refractivity contribution < 1.29 is 4.79 Å². The Labute approximate surface area is 118 Å². The van der Waals surface area contributed by atoms with Crippen molar-refractivity contribution in [2.45, 2.75) is 65.0 Å². The van der Waals surface area contributed by atoms with Crippen LogP contribution in [0.4, 0.5) is 0 Å². The molecule has 0 aromatic heterocycles. The molecule has 112 valence electrons. The third kappa shape index (κ3) is 5.49. The maximum absolute atomic E-state index is 12.1. The van der Waals surface area contributed by atoms with Gasteiger partial charge in [-0.2, -0.15) is 0 Å². The molecule has 19 heavy (non-hydrogen) atoms. The Kier molecular flexibility index (Phi) is 6.27. The number of rotatable bonds is 6. The van der Waals surface area contributed by atoms with Gasteiger partial charge in [-0.3, -0.25) is 4.79 Å². The van der Waals surface area contributed by atoms with Gasteiger partial charge < -0.3 is 16.0 Å². The molecular formula is C15H31N3O. The Balaban J connectivity index is 2.34. The highest BCUT2D eigenvalue weighted by atomic mass is 16.2. The average Bonchev–Trinajstić information content (AvgIpc) is 2.30. The van der Waals surface area contributed by atoms with Gasteiger partial charge in [0.05, 0.1) is 5.54 Å². The molecule has 1 atom stereocenters. The van der Waals surface area contributed by atoms with Crippen molar-refractivity contribution in [3.8, 4) is 0 Å². The maximum atomic E-state index is 12.1. The zero-order chi connectivity index (χ0) is 14.5. The van der Waals surface area contributed by atoms with E-state index in [1.165, 1.54) is 0 Å². The van der Waals surface area contributed by atoms with Crippen LogP contribution in [-0.4, -0.2) is 42.0 Å². The van der Waals surface area contributed by atoms with Crippen LogP contribution < -0.4 is 11.1 Å². The number of carbonyl (C=O) groups excluding carboxylic acids is 1. The van der Waals surface area contributed by atoms with Crippen molar-refractivity contribution in [3.05, 3.63) is 0 Å². The quantitative estimate of drug-likeness (QED) is 0.772. The van der Waals surface area contributed by atoms with Crippen molar-refractivity contribution in [3.63, 3.8) is 0 Å². The zero-order valence-corrected chi connectivity index (χ0v) is 13.0. The summed E-state index contributed by atoms with van der Waals surface area (Å²) in [5, 5.41) is 3.13. The number of hydrogen-bond acceptors (Lipinski definition) is 3. The number of piperidine rings is 1. The van der Waals surface area contributed by atoms with Crippen molar-refractivity contribution in [2.75, 3.05) is 19.6 Å². The Morgan fingerprint density at radius 2 is 2.00 bits per heavy atom. The van der Waals surface area contributed by atoms with Crippen LogP contribution in [0.3, 0.4) is 0 Å². The van der Waals surface area contributed by atoms with Crippen molar-refractivity contribution >= 4 is 5.91 Å². The van der Waals surface area contributed by atoms with E-state index in [-0.39, 0.29) is 5.91 Å². The second kappa shape index (κ2) is 7.25. The predicted octanol–water partition coefficient (Wildman–Crippen LogP) is 1.74. The third-order valence-corrected chi connectivity index (χ3v) is 3.83. The molecule has 0 radical (unpaired) electrons. The molecule has 1 amide bonds. The third-order valence-electron chi connectivity index (χ3n) is 3.83. The van der Waals surface area contributed by atoms with E-state index < -0.39 is 5.54 Å². The molecule has 0 aromatic carbocycles. The van der Waals surface area contributed by atoms with E-state index in [9.17, 15) is 4.79 Å². The topological polar surface area (TPSA) is 58.4 Å². The number of nitrogens with one attached hydrogen (secondary N) is 1. The van der Waals surface area contributed by atoms with Gasteiger partial charge in [0.25, 0.3) is 0 Å². The summed E-state index contributed by atoms with van der Waals surface area (Å²) in [6.45, 7) is 11.7. The van der Waals surface area contributed by atoms with Gasteiger partial charge in [-0.25, -0.2) is 0 Å². The summed E-state index contributed by atoms with van der Waals surface area (Å²) in [6.07, 6.45) is 3.76. The highest BCUT2D eigenvalue weighted by molar-refractivity contribution is 5.85. The zero-order valence-electron chi connectivity index (χ0n) is 13.0. The SMILES string of the molecule is CCCC(C)(N)C(=O)NC1CCN(CC(C)C)CC1. The molecule has 0 aromatic rings. The van der Waals surface area contributed by atoms with Gasteiger partial charge in [-0.15, -0.1) is 0 Å². The van der Waals surface area contributed by atoms with E-state index in [1.54, 1.807) is 0 Å². The van der Waals surface area contributed by atoms with Crippen LogP contribution in [0.1, 0.15) is 53.4 Å². The number of carbonyl (C=O) groups is 1. The molecular weight excluding hydrogens is 238 g/mol. The number of amides is 1. The van der Waals surface area contributed by atoms with E-state index >= 15 is 0 Å². The Bertz CT molecular complexity index is 281. The summed E-state index contributed by atoms with van der Waals surface area (Å²) < 4.78 is 0. The smallest absolute Gasteiger partial charge is 0.240 e. The fraction of sp³-hybridized carbons (Fsp3) is 0.933. The van der Waals surface area contributed by atoms with E-state index in [0.717, 1.165) is 45.3 Å². The first kappa shape index (κ1) is 16.4. The Morgan fingerprint density at radius 1 is 1.42 bits per heavy atom. The molecule has 0 spiro atoms. The molecule has 0 saturated carbocycles. The Hall–Kier alpha value is -0.610. The molecule has 1 heterocycles. The lowest BCUT2D eigenvalue weighted by Crippen LogP contribution is -2.56. The van der Waals surface area contributed by atoms with Crippen molar-refractivity contribution in [2.24, 2.45) is 11.7 Å². The van der Waals surface area contributed by atoms with Gasteiger partial charge in [-0.1, -0.05) is 27.2 Å². The minimum absolute atomic E-state index is 0.0108. The summed E-state index contributed by atoms with van der Waals surface area (Å²) >= 11 is 0. The molecule has 3 N–H and O–H groups in total. The lowest BCUT2D eigenvalue weighted by Gasteiger charge is -2.35. The highest BCUT2D eigenvalue weighted by Crippen LogP contribution is 2.14. The number of likely N-dealkylation sites (tertiary alicyclic amines) is 1. The molecule has 1 aliphatic heterocycles. The van der Waals surface area contributed by atoms with E-state index in [0.29, 0.717) is 12.0 Å². The van der Waals surface area contributed by atoms with Crippen LogP contribution in [0.25, 0.3) is 0 Å². The second-order valence-corrected chi connectivity index (χ2v) is 6.61. The highest BCUT2D eigenvalue weighted by Gasteiger charge is 2.30. The van der Waals surface area contributed by atoms with Gasteiger partial charge in [0.1, 0.15) is 0 Å². The minimum Gasteiger partial charge on any atom is -0.352 e. The first-order chi connectivity index (χ1) is 8.85. The molecule has 4 heteroatoms. The van der Waals surface area contributed by atoms with Crippen LogP contribution in [-0.2, 0) is 4.79 Å². The molecule has 1 saturated heterocycles. The number of nitrogens with zero attached hydrogens (tertiary/aromatic N) is 1. The van der Waals surface area contributed by atoms with Gasteiger partial charge in [0.2, 0.25) is 5.91 Å². The molecule has 1 rings (SSSR count). The van der Waals surface area contributed by atoms with Crippen molar-refractivity contribution in [1.82, 2.24) is 10.2 Å². The number of hydrogen-bond donors (Lipinski definition) is 2. The minimum atomic E-state index is -0.718. The first-order valence-corrected chi connectivity index (χ1v) is 7.67. The van der Waals surface area contributed by atoms with Crippen LogP contribution in [0.2, 0.25) is 0 Å². The monoisotopic (exact) mass is 269 g/mol. The largest absolute Gasteiger partial charge is 0.352 e. The van der Waals surface area contributed by atoms with Gasteiger partial charge >= 0.3 is 0 Å². The van der Waals surface area contributed by atoms with Crippen molar-refractivity contribution in [1.29, 1.82) is 0 Å². The normalized spacial score (nSPS) is 21.4. The van der Waals surface area contributed by atoms with Gasteiger partial charge in [0.15, 0.2) is 0 Å². The predicted molar refractivity (Wildman–Crippen MR) is 79.9 cm³/mol. The first-order valence-electron chi connectivity index (χ1n) is 7.67. The fourth-order valence-corrected chi connectivity index (χ4v) is 2.76. The molecule has 0 aliphatic carbocycles. The summed E-state index contributed by atoms with van der Waals surface area (Å²) in [5.74, 6) is 0.722. The van der Waals surface area contributed by atoms with Gasteiger partial charge in [0, 0.05) is 25.7 Å². The molecule has 1 unspecified atom stereocenters.